The minimum absolute atomic E-state index is 0. The molecule has 6 nitrogen and oxygen atoms in total. The fourth-order valence-electron chi connectivity index (χ4n) is 3.23. The van der Waals surface area contributed by atoms with Crippen molar-refractivity contribution in [2.45, 2.75) is 30.4 Å². The molecule has 0 spiro atoms. The molecule has 0 radical (unpaired) electrons. The molecule has 3 heterocycles. The van der Waals surface area contributed by atoms with Crippen molar-refractivity contribution in [2.75, 3.05) is 32.7 Å². The molecule has 26 heavy (non-hydrogen) atoms. The summed E-state index contributed by atoms with van der Waals surface area (Å²) in [5.41, 5.74) is 1.24. The molecule has 1 aromatic heterocycles. The highest BCUT2D eigenvalue weighted by atomic mass is 35.5. The van der Waals surface area contributed by atoms with E-state index in [0.29, 0.717) is 23.7 Å². The molecule has 1 saturated heterocycles. The Hall–Kier alpha value is -0.930. The van der Waals surface area contributed by atoms with Gasteiger partial charge in [-0.25, -0.2) is 8.42 Å². The smallest absolute Gasteiger partial charge is 0.252 e. The van der Waals surface area contributed by atoms with E-state index in [2.05, 4.69) is 16.7 Å². The summed E-state index contributed by atoms with van der Waals surface area (Å²) in [7, 11) is -3.49. The summed E-state index contributed by atoms with van der Waals surface area (Å²) < 4.78 is 27.4. The molecule has 0 bridgehead atoms. The molecule has 3 rings (SSSR count). The molecule has 0 aliphatic carbocycles. The maximum absolute atomic E-state index is 12.8. The lowest BCUT2D eigenvalue weighted by Gasteiger charge is -2.31. The Morgan fingerprint density at radius 1 is 1.42 bits per heavy atom. The number of thiophene rings is 1. The summed E-state index contributed by atoms with van der Waals surface area (Å²) in [4.78, 5) is 13.5. The summed E-state index contributed by atoms with van der Waals surface area (Å²) in [5, 5.41) is 6.23. The molecule has 1 unspecified atom stereocenters. The molecule has 2 aliphatic heterocycles. The van der Waals surface area contributed by atoms with Gasteiger partial charge in [-0.2, -0.15) is 4.31 Å². The maximum Gasteiger partial charge on any atom is 0.252 e. The van der Waals surface area contributed by atoms with Crippen LogP contribution in [0.4, 0.5) is 0 Å². The third-order valence-electron chi connectivity index (χ3n) is 4.71. The van der Waals surface area contributed by atoms with Gasteiger partial charge >= 0.3 is 0 Å². The Morgan fingerprint density at radius 2 is 2.23 bits per heavy atom. The van der Waals surface area contributed by atoms with Gasteiger partial charge in [-0.3, -0.25) is 4.79 Å². The standard InChI is InChI=1S/C17H25N3O3S2.ClH/c1-13-4-5-16(24-13)25(22,23)20-10-2-3-15(12-20)17(21)19-11-14-6-8-18-9-7-14;/h4-6,15,18H,2-3,7-12H2,1H3,(H,19,21);1H. The fraction of sp³-hybridized carbons (Fsp3) is 0.588. The van der Waals surface area contributed by atoms with E-state index in [1.54, 1.807) is 6.07 Å². The van der Waals surface area contributed by atoms with E-state index >= 15 is 0 Å². The van der Waals surface area contributed by atoms with Gasteiger partial charge in [0.15, 0.2) is 0 Å². The van der Waals surface area contributed by atoms with Gasteiger partial charge in [-0.15, -0.1) is 23.7 Å². The molecule has 2 aliphatic rings. The van der Waals surface area contributed by atoms with Gasteiger partial charge in [0.05, 0.1) is 5.92 Å². The zero-order chi connectivity index (χ0) is 17.9. The van der Waals surface area contributed by atoms with E-state index in [-0.39, 0.29) is 30.8 Å². The maximum atomic E-state index is 12.8. The van der Waals surface area contributed by atoms with E-state index in [0.717, 1.165) is 30.8 Å². The van der Waals surface area contributed by atoms with Crippen LogP contribution in [0.5, 0.6) is 0 Å². The SMILES string of the molecule is Cc1ccc(S(=O)(=O)N2CCCC(C(=O)NCC3=CCNCC3)C2)s1.Cl. The van der Waals surface area contributed by atoms with Crippen molar-refractivity contribution in [1.82, 2.24) is 14.9 Å². The first-order chi connectivity index (χ1) is 12.0. The van der Waals surface area contributed by atoms with Crippen LogP contribution in [0.25, 0.3) is 0 Å². The van der Waals surface area contributed by atoms with Gasteiger partial charge in [0.1, 0.15) is 4.21 Å². The Morgan fingerprint density at radius 3 is 2.88 bits per heavy atom. The molecule has 9 heteroatoms. The summed E-state index contributed by atoms with van der Waals surface area (Å²) in [6.07, 6.45) is 4.51. The van der Waals surface area contributed by atoms with Gasteiger partial charge in [0.2, 0.25) is 5.91 Å². The largest absolute Gasteiger partial charge is 0.352 e. The van der Waals surface area contributed by atoms with Crippen LogP contribution < -0.4 is 10.6 Å². The second kappa shape index (κ2) is 9.32. The minimum Gasteiger partial charge on any atom is -0.352 e. The number of carbonyl (C=O) groups excluding carboxylic acids is 1. The Bertz CT molecular complexity index is 761. The normalized spacial score (nSPS) is 21.6. The number of sulfonamides is 1. The first-order valence-electron chi connectivity index (χ1n) is 8.70. The Kier molecular flexibility index (Phi) is 7.66. The predicted octanol–water partition coefficient (Wildman–Crippen LogP) is 1.91. The number of halogens is 1. The van der Waals surface area contributed by atoms with Crippen LogP contribution in [-0.2, 0) is 14.8 Å². The van der Waals surface area contributed by atoms with E-state index in [9.17, 15) is 13.2 Å². The van der Waals surface area contributed by atoms with Crippen molar-refractivity contribution in [2.24, 2.45) is 5.92 Å². The van der Waals surface area contributed by atoms with Gasteiger partial charge in [-0.1, -0.05) is 11.6 Å². The predicted molar refractivity (Wildman–Crippen MR) is 106 cm³/mol. The van der Waals surface area contributed by atoms with E-state index in [1.807, 2.05) is 13.0 Å². The van der Waals surface area contributed by atoms with Crippen LogP contribution in [0.1, 0.15) is 24.1 Å². The van der Waals surface area contributed by atoms with Crippen molar-refractivity contribution < 1.29 is 13.2 Å². The first kappa shape index (κ1) is 21.4. The zero-order valence-electron chi connectivity index (χ0n) is 14.9. The monoisotopic (exact) mass is 419 g/mol. The first-order valence-corrected chi connectivity index (χ1v) is 11.0. The zero-order valence-corrected chi connectivity index (χ0v) is 17.3. The van der Waals surface area contributed by atoms with Crippen molar-refractivity contribution in [3.05, 3.63) is 28.7 Å². The fourth-order valence-corrected chi connectivity index (χ4v) is 6.19. The minimum atomic E-state index is -3.49. The number of rotatable bonds is 5. The molecule has 1 atom stereocenters. The van der Waals surface area contributed by atoms with Crippen LogP contribution in [0.3, 0.4) is 0 Å². The van der Waals surface area contributed by atoms with E-state index in [4.69, 9.17) is 0 Å². The van der Waals surface area contributed by atoms with Crippen molar-refractivity contribution in [3.63, 3.8) is 0 Å². The summed E-state index contributed by atoms with van der Waals surface area (Å²) in [6.45, 7) is 5.00. The molecule has 0 aromatic carbocycles. The van der Waals surface area contributed by atoms with Gasteiger partial charge in [0.25, 0.3) is 10.0 Å². The van der Waals surface area contributed by atoms with Crippen molar-refractivity contribution in [1.29, 1.82) is 0 Å². The molecule has 0 saturated carbocycles. The number of hydrogen-bond acceptors (Lipinski definition) is 5. The lowest BCUT2D eigenvalue weighted by Crippen LogP contribution is -2.45. The number of carbonyl (C=O) groups is 1. The van der Waals surface area contributed by atoms with Crippen molar-refractivity contribution >= 4 is 39.7 Å². The highest BCUT2D eigenvalue weighted by Crippen LogP contribution is 2.28. The molecule has 2 N–H and O–H groups in total. The third-order valence-corrected chi connectivity index (χ3v) is 8.05. The van der Waals surface area contributed by atoms with Crippen LogP contribution in [0, 0.1) is 12.8 Å². The molecule has 1 amide bonds. The quantitative estimate of drug-likeness (QED) is 0.714. The molecule has 1 fully saturated rings. The van der Waals surface area contributed by atoms with E-state index in [1.165, 1.54) is 21.2 Å². The lowest BCUT2D eigenvalue weighted by atomic mass is 9.98. The Labute approximate surface area is 165 Å². The molecular weight excluding hydrogens is 394 g/mol. The number of amides is 1. The summed E-state index contributed by atoms with van der Waals surface area (Å²) in [6, 6.07) is 3.47. The average molecular weight is 420 g/mol. The van der Waals surface area contributed by atoms with Gasteiger partial charge < -0.3 is 10.6 Å². The number of hydrogen-bond donors (Lipinski definition) is 2. The lowest BCUT2D eigenvalue weighted by molar-refractivity contribution is -0.125. The average Bonchev–Trinajstić information content (AvgIpc) is 3.08. The van der Waals surface area contributed by atoms with Crippen LogP contribution in [0.15, 0.2) is 28.0 Å². The number of nitrogens with zero attached hydrogens (tertiary/aromatic N) is 1. The number of piperidine rings is 1. The molecule has 146 valence electrons. The van der Waals surface area contributed by atoms with Gasteiger partial charge in [0, 0.05) is 31.1 Å². The van der Waals surface area contributed by atoms with Gasteiger partial charge in [-0.05, 0) is 44.9 Å². The topological polar surface area (TPSA) is 78.5 Å². The molecule has 1 aromatic rings. The van der Waals surface area contributed by atoms with Crippen LogP contribution in [-0.4, -0.2) is 51.4 Å². The second-order valence-electron chi connectivity index (χ2n) is 6.60. The Balaban J connectivity index is 0.00000243. The summed E-state index contributed by atoms with van der Waals surface area (Å²) >= 11 is 1.28. The van der Waals surface area contributed by atoms with E-state index < -0.39 is 10.0 Å². The number of aryl methyl sites for hydroxylation is 1. The summed E-state index contributed by atoms with van der Waals surface area (Å²) in [5.74, 6) is -0.311. The highest BCUT2D eigenvalue weighted by Gasteiger charge is 2.33. The highest BCUT2D eigenvalue weighted by molar-refractivity contribution is 7.91. The molecular formula is C17H26ClN3O3S2. The number of nitrogens with one attached hydrogen (secondary N) is 2. The van der Waals surface area contributed by atoms with Crippen molar-refractivity contribution in [3.8, 4) is 0 Å². The van der Waals surface area contributed by atoms with Crippen LogP contribution >= 0.6 is 23.7 Å². The third kappa shape index (κ3) is 5.07. The van der Waals surface area contributed by atoms with Crippen LogP contribution in [0.2, 0.25) is 0 Å². The second-order valence-corrected chi connectivity index (χ2v) is 10.1.